The van der Waals surface area contributed by atoms with Crippen LogP contribution in [0.2, 0.25) is 0 Å². The Kier molecular flexibility index (Phi) is 4.11. The zero-order valence-electron chi connectivity index (χ0n) is 10.9. The predicted octanol–water partition coefficient (Wildman–Crippen LogP) is 3.29. The lowest BCUT2D eigenvalue weighted by Gasteiger charge is -2.14. The van der Waals surface area contributed by atoms with Gasteiger partial charge in [0, 0.05) is 6.20 Å². The fourth-order valence-electron chi connectivity index (χ4n) is 2.14. The van der Waals surface area contributed by atoms with E-state index in [2.05, 4.69) is 31.0 Å². The van der Waals surface area contributed by atoms with Crippen molar-refractivity contribution in [1.82, 2.24) is 4.98 Å². The van der Waals surface area contributed by atoms with E-state index in [0.717, 1.165) is 29.7 Å². The third kappa shape index (κ3) is 2.59. The molecular weight excluding hydrogens is 222 g/mol. The van der Waals surface area contributed by atoms with E-state index in [4.69, 9.17) is 0 Å². The Morgan fingerprint density at radius 2 is 1.94 bits per heavy atom. The fourth-order valence-corrected chi connectivity index (χ4v) is 2.14. The minimum absolute atomic E-state index is 0.632. The smallest absolute Gasteiger partial charge is 0.121 e. The van der Waals surface area contributed by atoms with Crippen LogP contribution in [0.4, 0.5) is 0 Å². The molecule has 94 valence electrons. The van der Waals surface area contributed by atoms with Crippen molar-refractivity contribution < 1.29 is 5.11 Å². The molecule has 0 bridgehead atoms. The van der Waals surface area contributed by atoms with Gasteiger partial charge in [0.15, 0.2) is 0 Å². The second-order valence-electron chi connectivity index (χ2n) is 4.40. The number of hydrogen-bond acceptors (Lipinski definition) is 2. The monoisotopic (exact) mass is 241 g/mol. The van der Waals surface area contributed by atoms with Gasteiger partial charge < -0.3 is 5.11 Å². The van der Waals surface area contributed by atoms with Crippen LogP contribution in [0.1, 0.15) is 42.3 Å². The lowest BCUT2D eigenvalue weighted by molar-refractivity contribution is 0.214. The van der Waals surface area contributed by atoms with E-state index in [1.54, 1.807) is 6.20 Å². The average molecular weight is 241 g/mol. The number of aryl methyl sites for hydroxylation is 2. The van der Waals surface area contributed by atoms with Crippen LogP contribution in [0, 0.1) is 0 Å². The van der Waals surface area contributed by atoms with E-state index in [1.807, 2.05) is 24.3 Å². The molecule has 0 saturated carbocycles. The third-order valence-corrected chi connectivity index (χ3v) is 3.24. The van der Waals surface area contributed by atoms with Crippen LogP contribution < -0.4 is 0 Å². The second kappa shape index (κ2) is 5.78. The van der Waals surface area contributed by atoms with E-state index in [1.165, 1.54) is 5.56 Å². The number of rotatable bonds is 4. The maximum atomic E-state index is 10.5. The molecule has 1 aromatic heterocycles. The van der Waals surface area contributed by atoms with E-state index < -0.39 is 6.10 Å². The molecule has 18 heavy (non-hydrogen) atoms. The van der Waals surface area contributed by atoms with Crippen LogP contribution in [-0.2, 0) is 12.8 Å². The van der Waals surface area contributed by atoms with Crippen molar-refractivity contribution in [2.45, 2.75) is 32.8 Å². The van der Waals surface area contributed by atoms with Crippen molar-refractivity contribution in [3.8, 4) is 0 Å². The fraction of sp³-hybridized carbons (Fsp3) is 0.312. The molecule has 0 amide bonds. The molecular formula is C16H19NO. The summed E-state index contributed by atoms with van der Waals surface area (Å²) in [5, 5.41) is 10.5. The standard InChI is InChI=1S/C16H19NO/c1-3-12-7-5-8-14(11-12)16(18)15-13(4-2)9-6-10-17-15/h5-11,16,18H,3-4H2,1-2H3. The van der Waals surface area contributed by atoms with E-state index in [-0.39, 0.29) is 0 Å². The lowest BCUT2D eigenvalue weighted by atomic mass is 9.98. The first-order chi connectivity index (χ1) is 8.76. The third-order valence-electron chi connectivity index (χ3n) is 3.24. The molecule has 0 aliphatic heterocycles. The van der Waals surface area contributed by atoms with E-state index >= 15 is 0 Å². The van der Waals surface area contributed by atoms with Crippen molar-refractivity contribution in [3.63, 3.8) is 0 Å². The van der Waals surface area contributed by atoms with Gasteiger partial charge in [-0.05, 0) is 35.6 Å². The molecule has 1 N–H and O–H groups in total. The van der Waals surface area contributed by atoms with Gasteiger partial charge in [0.1, 0.15) is 6.10 Å². The Bertz CT molecular complexity index is 522. The number of hydrogen-bond donors (Lipinski definition) is 1. The summed E-state index contributed by atoms with van der Waals surface area (Å²) in [7, 11) is 0. The van der Waals surface area contributed by atoms with Gasteiger partial charge in [0.2, 0.25) is 0 Å². The highest BCUT2D eigenvalue weighted by Gasteiger charge is 2.15. The number of pyridine rings is 1. The van der Waals surface area contributed by atoms with E-state index in [0.29, 0.717) is 0 Å². The summed E-state index contributed by atoms with van der Waals surface area (Å²) in [6.45, 7) is 4.19. The van der Waals surface area contributed by atoms with Crippen molar-refractivity contribution in [1.29, 1.82) is 0 Å². The molecule has 2 rings (SSSR count). The van der Waals surface area contributed by atoms with Crippen molar-refractivity contribution >= 4 is 0 Å². The van der Waals surface area contributed by atoms with Gasteiger partial charge >= 0.3 is 0 Å². The first-order valence-corrected chi connectivity index (χ1v) is 6.47. The van der Waals surface area contributed by atoms with Crippen LogP contribution in [0.3, 0.4) is 0 Å². The minimum Gasteiger partial charge on any atom is -0.382 e. The summed E-state index contributed by atoms with van der Waals surface area (Å²) >= 11 is 0. The predicted molar refractivity (Wildman–Crippen MR) is 73.5 cm³/mol. The Morgan fingerprint density at radius 3 is 2.67 bits per heavy atom. The molecule has 0 radical (unpaired) electrons. The molecule has 1 aromatic carbocycles. The summed E-state index contributed by atoms with van der Waals surface area (Å²) in [6.07, 6.45) is 2.96. The van der Waals surface area contributed by atoms with Gasteiger partial charge in [-0.25, -0.2) is 0 Å². The number of aliphatic hydroxyl groups excluding tert-OH is 1. The average Bonchev–Trinajstić information content (AvgIpc) is 2.46. The van der Waals surface area contributed by atoms with Gasteiger partial charge in [-0.2, -0.15) is 0 Å². The number of benzene rings is 1. The largest absolute Gasteiger partial charge is 0.382 e. The quantitative estimate of drug-likeness (QED) is 0.891. The van der Waals surface area contributed by atoms with Crippen LogP contribution in [0.25, 0.3) is 0 Å². The lowest BCUT2D eigenvalue weighted by Crippen LogP contribution is -2.06. The zero-order chi connectivity index (χ0) is 13.0. The van der Waals surface area contributed by atoms with Crippen molar-refractivity contribution in [3.05, 3.63) is 65.0 Å². The SMILES string of the molecule is CCc1cccc(C(O)c2ncccc2CC)c1. The van der Waals surface area contributed by atoms with Gasteiger partial charge in [-0.1, -0.05) is 44.2 Å². The van der Waals surface area contributed by atoms with Crippen LogP contribution in [0.5, 0.6) is 0 Å². The Balaban J connectivity index is 2.37. The minimum atomic E-state index is -0.632. The first kappa shape index (κ1) is 12.8. The molecule has 0 spiro atoms. The van der Waals surface area contributed by atoms with Crippen molar-refractivity contribution in [2.75, 3.05) is 0 Å². The number of nitrogens with zero attached hydrogens (tertiary/aromatic N) is 1. The molecule has 1 atom stereocenters. The topological polar surface area (TPSA) is 33.1 Å². The van der Waals surface area contributed by atoms with Gasteiger partial charge in [-0.15, -0.1) is 0 Å². The van der Waals surface area contributed by atoms with Gasteiger partial charge in [-0.3, -0.25) is 4.98 Å². The van der Waals surface area contributed by atoms with Crippen LogP contribution in [-0.4, -0.2) is 10.1 Å². The zero-order valence-corrected chi connectivity index (χ0v) is 10.9. The first-order valence-electron chi connectivity index (χ1n) is 6.47. The Labute approximate surface area is 108 Å². The summed E-state index contributed by atoms with van der Waals surface area (Å²) in [4.78, 5) is 4.33. The van der Waals surface area contributed by atoms with Gasteiger partial charge in [0.25, 0.3) is 0 Å². The summed E-state index contributed by atoms with van der Waals surface area (Å²) in [6, 6.07) is 12.0. The van der Waals surface area contributed by atoms with Crippen LogP contribution >= 0.6 is 0 Å². The molecule has 2 nitrogen and oxygen atoms in total. The highest BCUT2D eigenvalue weighted by Crippen LogP contribution is 2.24. The normalized spacial score (nSPS) is 12.4. The second-order valence-corrected chi connectivity index (χ2v) is 4.40. The summed E-state index contributed by atoms with van der Waals surface area (Å²) in [5.41, 5.74) is 4.03. The molecule has 2 aromatic rings. The molecule has 0 fully saturated rings. The molecule has 1 heterocycles. The summed E-state index contributed by atoms with van der Waals surface area (Å²) in [5.74, 6) is 0. The molecule has 2 heteroatoms. The van der Waals surface area contributed by atoms with Crippen molar-refractivity contribution in [2.24, 2.45) is 0 Å². The maximum Gasteiger partial charge on any atom is 0.121 e. The Hall–Kier alpha value is -1.67. The molecule has 0 saturated heterocycles. The number of aromatic nitrogens is 1. The maximum absolute atomic E-state index is 10.5. The van der Waals surface area contributed by atoms with Gasteiger partial charge in [0.05, 0.1) is 5.69 Å². The molecule has 1 unspecified atom stereocenters. The number of aliphatic hydroxyl groups is 1. The molecule has 0 aliphatic rings. The highest BCUT2D eigenvalue weighted by atomic mass is 16.3. The molecule has 0 aliphatic carbocycles. The Morgan fingerprint density at radius 1 is 1.11 bits per heavy atom. The summed E-state index contributed by atoms with van der Waals surface area (Å²) < 4.78 is 0. The highest BCUT2D eigenvalue weighted by molar-refractivity contribution is 5.33. The van der Waals surface area contributed by atoms with E-state index in [9.17, 15) is 5.11 Å². The van der Waals surface area contributed by atoms with Crippen LogP contribution in [0.15, 0.2) is 42.6 Å².